The topological polar surface area (TPSA) is 52.8 Å². The van der Waals surface area contributed by atoms with Crippen molar-refractivity contribution >= 4 is 22.8 Å². The fourth-order valence-corrected chi connectivity index (χ4v) is 2.43. The SMILES string of the molecule is COc1ncnc2c1nc(C(C)Cl)n2CCCC(C)C. The van der Waals surface area contributed by atoms with Gasteiger partial charge in [0.05, 0.1) is 12.5 Å². The highest BCUT2D eigenvalue weighted by Gasteiger charge is 2.19. The summed E-state index contributed by atoms with van der Waals surface area (Å²) in [6.45, 7) is 7.23. The Morgan fingerprint density at radius 2 is 2.05 bits per heavy atom. The Morgan fingerprint density at radius 3 is 2.65 bits per heavy atom. The number of fused-ring (bicyclic) bond motifs is 1. The molecule has 2 aromatic rings. The van der Waals surface area contributed by atoms with Gasteiger partial charge in [-0.1, -0.05) is 13.8 Å². The summed E-state index contributed by atoms with van der Waals surface area (Å²) in [5, 5.41) is -0.173. The largest absolute Gasteiger partial charge is 0.479 e. The van der Waals surface area contributed by atoms with Crippen molar-refractivity contribution in [1.82, 2.24) is 19.5 Å². The van der Waals surface area contributed by atoms with Crippen LogP contribution in [0.4, 0.5) is 0 Å². The van der Waals surface area contributed by atoms with Gasteiger partial charge in [-0.25, -0.2) is 9.97 Å². The smallest absolute Gasteiger partial charge is 0.245 e. The van der Waals surface area contributed by atoms with E-state index in [-0.39, 0.29) is 5.38 Å². The van der Waals surface area contributed by atoms with E-state index in [2.05, 4.69) is 33.4 Å². The Kier molecular flexibility index (Phi) is 4.81. The van der Waals surface area contributed by atoms with Gasteiger partial charge in [-0.05, 0) is 25.7 Å². The molecule has 0 aliphatic heterocycles. The summed E-state index contributed by atoms with van der Waals surface area (Å²) < 4.78 is 7.33. The number of alkyl halides is 1. The van der Waals surface area contributed by atoms with E-state index in [0.717, 1.165) is 30.9 Å². The summed E-state index contributed by atoms with van der Waals surface area (Å²) in [7, 11) is 1.59. The Bertz CT molecular complexity index is 580. The Balaban J connectivity index is 2.41. The van der Waals surface area contributed by atoms with E-state index in [1.807, 2.05) is 6.92 Å². The van der Waals surface area contributed by atoms with Crippen molar-refractivity contribution in [2.24, 2.45) is 5.92 Å². The summed E-state index contributed by atoms with van der Waals surface area (Å²) in [5.41, 5.74) is 1.48. The second kappa shape index (κ2) is 6.39. The third-order valence-corrected chi connectivity index (χ3v) is 3.44. The number of hydrogen-bond donors (Lipinski definition) is 0. The fourth-order valence-electron chi connectivity index (χ4n) is 2.26. The molecule has 0 aliphatic carbocycles. The molecule has 1 atom stereocenters. The molecule has 0 spiro atoms. The van der Waals surface area contributed by atoms with Gasteiger partial charge in [-0.3, -0.25) is 0 Å². The molecule has 5 nitrogen and oxygen atoms in total. The van der Waals surface area contributed by atoms with Crippen LogP contribution in [0.5, 0.6) is 5.88 Å². The maximum absolute atomic E-state index is 6.24. The number of imidazole rings is 1. The van der Waals surface area contributed by atoms with Gasteiger partial charge >= 0.3 is 0 Å². The molecule has 2 heterocycles. The quantitative estimate of drug-likeness (QED) is 0.765. The zero-order valence-electron chi connectivity index (χ0n) is 12.4. The van der Waals surface area contributed by atoms with Crippen LogP contribution in [0.1, 0.15) is 44.8 Å². The molecule has 20 heavy (non-hydrogen) atoms. The van der Waals surface area contributed by atoms with E-state index in [1.54, 1.807) is 7.11 Å². The molecule has 0 amide bonds. The van der Waals surface area contributed by atoms with E-state index in [4.69, 9.17) is 16.3 Å². The first-order valence-electron chi connectivity index (χ1n) is 6.93. The monoisotopic (exact) mass is 296 g/mol. The molecular formula is C14H21ClN4O. The summed E-state index contributed by atoms with van der Waals surface area (Å²) in [5.74, 6) is 2.01. The molecular weight excluding hydrogens is 276 g/mol. The Labute approximate surface area is 124 Å². The summed E-state index contributed by atoms with van der Waals surface area (Å²) in [6, 6.07) is 0. The second-order valence-corrected chi connectivity index (χ2v) is 5.98. The molecule has 0 saturated carbocycles. The van der Waals surface area contributed by atoms with Crippen molar-refractivity contribution in [2.75, 3.05) is 7.11 Å². The van der Waals surface area contributed by atoms with Crippen molar-refractivity contribution in [2.45, 2.75) is 45.5 Å². The molecule has 0 N–H and O–H groups in total. The van der Waals surface area contributed by atoms with Gasteiger partial charge in [0, 0.05) is 6.54 Å². The van der Waals surface area contributed by atoms with Gasteiger partial charge in [0.2, 0.25) is 5.88 Å². The maximum Gasteiger partial charge on any atom is 0.245 e. The molecule has 2 aromatic heterocycles. The van der Waals surface area contributed by atoms with Crippen LogP contribution in [-0.2, 0) is 6.54 Å². The summed E-state index contributed by atoms with van der Waals surface area (Å²) >= 11 is 6.24. The van der Waals surface area contributed by atoms with E-state index in [1.165, 1.54) is 6.33 Å². The van der Waals surface area contributed by atoms with Gasteiger partial charge in [-0.2, -0.15) is 4.98 Å². The molecule has 0 fully saturated rings. The number of methoxy groups -OCH3 is 1. The van der Waals surface area contributed by atoms with Crippen LogP contribution in [0.2, 0.25) is 0 Å². The van der Waals surface area contributed by atoms with Gasteiger partial charge in [-0.15, -0.1) is 11.6 Å². The van der Waals surface area contributed by atoms with E-state index >= 15 is 0 Å². The van der Waals surface area contributed by atoms with Crippen LogP contribution in [-0.4, -0.2) is 26.6 Å². The second-order valence-electron chi connectivity index (χ2n) is 5.33. The number of aromatic nitrogens is 4. The van der Waals surface area contributed by atoms with Crippen LogP contribution in [0, 0.1) is 5.92 Å². The molecule has 2 rings (SSSR count). The highest BCUT2D eigenvalue weighted by molar-refractivity contribution is 6.20. The zero-order valence-corrected chi connectivity index (χ0v) is 13.2. The number of nitrogens with zero attached hydrogens (tertiary/aromatic N) is 4. The van der Waals surface area contributed by atoms with Gasteiger partial charge in [0.15, 0.2) is 11.2 Å². The number of ether oxygens (including phenoxy) is 1. The van der Waals surface area contributed by atoms with Crippen molar-refractivity contribution in [1.29, 1.82) is 0 Å². The van der Waals surface area contributed by atoms with Crippen LogP contribution in [0.3, 0.4) is 0 Å². The first-order valence-corrected chi connectivity index (χ1v) is 7.37. The summed E-state index contributed by atoms with van der Waals surface area (Å²) in [6.07, 6.45) is 3.74. The normalized spacial score (nSPS) is 13.1. The van der Waals surface area contributed by atoms with Crippen LogP contribution >= 0.6 is 11.6 Å². The van der Waals surface area contributed by atoms with E-state index in [9.17, 15) is 0 Å². The molecule has 0 saturated heterocycles. The lowest BCUT2D eigenvalue weighted by atomic mass is 10.1. The zero-order chi connectivity index (χ0) is 14.7. The van der Waals surface area contributed by atoms with Crippen molar-refractivity contribution < 1.29 is 4.74 Å². The number of aryl methyl sites for hydroxylation is 1. The molecule has 0 radical (unpaired) electrons. The van der Waals surface area contributed by atoms with E-state index < -0.39 is 0 Å². The highest BCUT2D eigenvalue weighted by atomic mass is 35.5. The van der Waals surface area contributed by atoms with E-state index in [0.29, 0.717) is 17.3 Å². The highest BCUT2D eigenvalue weighted by Crippen LogP contribution is 2.27. The molecule has 6 heteroatoms. The minimum atomic E-state index is -0.173. The van der Waals surface area contributed by atoms with Crippen LogP contribution in [0.25, 0.3) is 11.2 Å². The Hall–Kier alpha value is -1.36. The van der Waals surface area contributed by atoms with Gasteiger partial charge in [0.1, 0.15) is 12.2 Å². The summed E-state index contributed by atoms with van der Waals surface area (Å²) in [4.78, 5) is 13.0. The third-order valence-electron chi connectivity index (χ3n) is 3.24. The van der Waals surface area contributed by atoms with Crippen molar-refractivity contribution in [3.8, 4) is 5.88 Å². The lowest BCUT2D eigenvalue weighted by molar-refractivity contribution is 0.401. The van der Waals surface area contributed by atoms with Crippen molar-refractivity contribution in [3.05, 3.63) is 12.2 Å². The number of rotatable bonds is 6. The maximum atomic E-state index is 6.24. The number of halogens is 1. The Morgan fingerprint density at radius 1 is 1.30 bits per heavy atom. The lowest BCUT2D eigenvalue weighted by Crippen LogP contribution is -2.06. The predicted molar refractivity (Wildman–Crippen MR) is 80.2 cm³/mol. The molecule has 0 aromatic carbocycles. The molecule has 0 aliphatic rings. The average molecular weight is 297 g/mol. The number of hydrogen-bond acceptors (Lipinski definition) is 4. The van der Waals surface area contributed by atoms with Gasteiger partial charge < -0.3 is 9.30 Å². The minimum Gasteiger partial charge on any atom is -0.479 e. The van der Waals surface area contributed by atoms with Crippen LogP contribution < -0.4 is 4.74 Å². The first kappa shape index (κ1) is 15.0. The standard InChI is InChI=1S/C14H21ClN4O/c1-9(2)6-5-7-19-12(10(3)15)18-11-13(19)16-8-17-14(11)20-4/h8-10H,5-7H2,1-4H3. The molecule has 0 bridgehead atoms. The average Bonchev–Trinajstić information content (AvgIpc) is 2.77. The minimum absolute atomic E-state index is 0.173. The first-order chi connectivity index (χ1) is 9.54. The fraction of sp³-hybridized carbons (Fsp3) is 0.643. The predicted octanol–water partition coefficient (Wildman–Crippen LogP) is 3.57. The van der Waals surface area contributed by atoms with Crippen LogP contribution in [0.15, 0.2) is 6.33 Å². The molecule has 110 valence electrons. The van der Waals surface area contributed by atoms with Gasteiger partial charge in [0.25, 0.3) is 0 Å². The van der Waals surface area contributed by atoms with Crippen molar-refractivity contribution in [3.63, 3.8) is 0 Å². The third kappa shape index (κ3) is 3.03. The molecule has 1 unspecified atom stereocenters. The lowest BCUT2D eigenvalue weighted by Gasteiger charge is -2.10.